The van der Waals surface area contributed by atoms with Gasteiger partial charge in [-0.25, -0.2) is 0 Å². The number of nitrogens with zero attached hydrogens (tertiary/aromatic N) is 3. The number of carbonyl (C=O) groups excluding carboxylic acids is 2. The lowest BCUT2D eigenvalue weighted by Crippen LogP contribution is -2.33. The van der Waals surface area contributed by atoms with E-state index >= 15 is 0 Å². The molecule has 3 heterocycles. The van der Waals surface area contributed by atoms with Crippen molar-refractivity contribution in [3.05, 3.63) is 83.7 Å². The summed E-state index contributed by atoms with van der Waals surface area (Å²) in [6.45, 7) is 3.54. The zero-order chi connectivity index (χ0) is 22.9. The average Bonchev–Trinajstić information content (AvgIpc) is 3.46. The zero-order valence-electron chi connectivity index (χ0n) is 19.0. The number of piperidine rings is 1. The quantitative estimate of drug-likeness (QED) is 0.475. The molecule has 1 N–H and O–H groups in total. The number of carbonyl (C=O) groups is 2. The number of hydrogen-bond acceptors (Lipinski definition) is 4. The van der Waals surface area contributed by atoms with E-state index in [1.165, 1.54) is 0 Å². The maximum atomic E-state index is 13.2. The van der Waals surface area contributed by atoms with E-state index in [2.05, 4.69) is 29.4 Å². The Labute approximate surface area is 193 Å². The molecule has 2 aliphatic heterocycles. The minimum Gasteiger partial charge on any atom is -0.325 e. The molecule has 3 aromatic rings. The summed E-state index contributed by atoms with van der Waals surface area (Å²) in [5, 5.41) is 3.00. The van der Waals surface area contributed by atoms with Crippen molar-refractivity contribution in [1.29, 1.82) is 0 Å². The molecule has 0 radical (unpaired) electrons. The van der Waals surface area contributed by atoms with Crippen LogP contribution in [-0.2, 0) is 4.79 Å². The molecule has 6 heteroatoms. The van der Waals surface area contributed by atoms with Crippen molar-refractivity contribution in [3.8, 4) is 5.69 Å². The Morgan fingerprint density at radius 1 is 1.00 bits per heavy atom. The van der Waals surface area contributed by atoms with E-state index < -0.39 is 5.92 Å². The van der Waals surface area contributed by atoms with Gasteiger partial charge in [0, 0.05) is 29.3 Å². The number of rotatable bonds is 5. The Balaban J connectivity index is 1.57. The Hall–Kier alpha value is -3.51. The maximum absolute atomic E-state index is 13.2. The van der Waals surface area contributed by atoms with E-state index in [0.717, 1.165) is 54.1 Å². The first-order chi connectivity index (χ1) is 16.0. The first kappa shape index (κ1) is 21.3. The van der Waals surface area contributed by atoms with Crippen LogP contribution in [0.2, 0.25) is 0 Å². The smallest absolute Gasteiger partial charge is 0.238 e. The van der Waals surface area contributed by atoms with Crippen LogP contribution in [0.3, 0.4) is 0 Å². The lowest BCUT2D eigenvalue weighted by atomic mass is 9.89. The van der Waals surface area contributed by atoms with Gasteiger partial charge in [-0.1, -0.05) is 12.1 Å². The molecular weight excluding hydrogens is 412 g/mol. The SMILES string of the molecule is CC(=O)c1ccc2c(c1)C(C(=NC1CCN(C)CC1)c1ccc(-n3cccc3)cc1)C(=O)N2. The van der Waals surface area contributed by atoms with Crippen LogP contribution in [0.1, 0.15) is 47.2 Å². The first-order valence-electron chi connectivity index (χ1n) is 11.5. The summed E-state index contributed by atoms with van der Waals surface area (Å²) < 4.78 is 2.05. The Morgan fingerprint density at radius 3 is 2.33 bits per heavy atom. The van der Waals surface area contributed by atoms with Gasteiger partial charge in [0.05, 0.1) is 11.8 Å². The number of likely N-dealkylation sites (tertiary alicyclic amines) is 1. The van der Waals surface area contributed by atoms with Gasteiger partial charge in [-0.2, -0.15) is 0 Å². The van der Waals surface area contributed by atoms with Gasteiger partial charge in [-0.3, -0.25) is 14.6 Å². The van der Waals surface area contributed by atoms with Crippen molar-refractivity contribution < 1.29 is 9.59 Å². The van der Waals surface area contributed by atoms with Crippen LogP contribution in [0, 0.1) is 0 Å². The fourth-order valence-electron chi connectivity index (χ4n) is 4.70. The minimum atomic E-state index is -0.531. The maximum Gasteiger partial charge on any atom is 0.238 e. The van der Waals surface area contributed by atoms with Crippen LogP contribution in [0.5, 0.6) is 0 Å². The molecule has 0 spiro atoms. The third kappa shape index (κ3) is 4.26. The summed E-state index contributed by atoms with van der Waals surface area (Å²) in [5.74, 6) is -0.635. The van der Waals surface area contributed by atoms with Gasteiger partial charge >= 0.3 is 0 Å². The number of ketones is 1. The molecular formula is C27H28N4O2. The highest BCUT2D eigenvalue weighted by atomic mass is 16.2. The predicted octanol–water partition coefficient (Wildman–Crippen LogP) is 4.30. The lowest BCUT2D eigenvalue weighted by molar-refractivity contribution is -0.115. The van der Waals surface area contributed by atoms with E-state index in [0.29, 0.717) is 5.56 Å². The number of anilines is 1. The number of nitrogens with one attached hydrogen (secondary N) is 1. The normalized spacial score (nSPS) is 19.4. The van der Waals surface area contributed by atoms with Crippen LogP contribution < -0.4 is 5.32 Å². The average molecular weight is 441 g/mol. The number of hydrogen-bond donors (Lipinski definition) is 1. The van der Waals surface area contributed by atoms with E-state index in [9.17, 15) is 9.59 Å². The van der Waals surface area contributed by atoms with Crippen LogP contribution >= 0.6 is 0 Å². The molecule has 0 bridgehead atoms. The molecule has 1 amide bonds. The van der Waals surface area contributed by atoms with E-state index in [-0.39, 0.29) is 17.7 Å². The van der Waals surface area contributed by atoms with Crippen LogP contribution in [0.25, 0.3) is 5.69 Å². The molecule has 6 nitrogen and oxygen atoms in total. The van der Waals surface area contributed by atoms with Gasteiger partial charge in [0.15, 0.2) is 5.78 Å². The fourth-order valence-corrected chi connectivity index (χ4v) is 4.70. The van der Waals surface area contributed by atoms with Crippen molar-refractivity contribution in [2.75, 3.05) is 25.5 Å². The molecule has 5 rings (SSSR count). The summed E-state index contributed by atoms with van der Waals surface area (Å²) in [7, 11) is 2.13. The first-order valence-corrected chi connectivity index (χ1v) is 11.5. The monoisotopic (exact) mass is 440 g/mol. The molecule has 168 valence electrons. The zero-order valence-corrected chi connectivity index (χ0v) is 19.0. The fraction of sp³-hybridized carbons (Fsp3) is 0.296. The third-order valence-electron chi connectivity index (χ3n) is 6.64. The van der Waals surface area contributed by atoms with Crippen molar-refractivity contribution in [2.24, 2.45) is 4.99 Å². The number of aliphatic imine (C=N–C) groups is 1. The number of fused-ring (bicyclic) bond motifs is 1. The molecule has 2 aliphatic rings. The van der Waals surface area contributed by atoms with Crippen LogP contribution in [0.4, 0.5) is 5.69 Å². The predicted molar refractivity (Wildman–Crippen MR) is 131 cm³/mol. The topological polar surface area (TPSA) is 66.7 Å². The number of aromatic nitrogens is 1. The van der Waals surface area contributed by atoms with Gasteiger partial charge in [0.1, 0.15) is 5.92 Å². The second kappa shape index (κ2) is 8.79. The van der Waals surface area contributed by atoms with Crippen molar-refractivity contribution in [1.82, 2.24) is 9.47 Å². The Bertz CT molecular complexity index is 1200. The molecule has 1 saturated heterocycles. The molecule has 1 unspecified atom stereocenters. The van der Waals surface area contributed by atoms with Crippen molar-refractivity contribution in [3.63, 3.8) is 0 Å². The number of Topliss-reactive ketones (excluding diaryl/α,β-unsaturated/α-hetero) is 1. The second-order valence-electron chi connectivity index (χ2n) is 8.97. The van der Waals surface area contributed by atoms with Gasteiger partial charge in [-0.15, -0.1) is 0 Å². The highest BCUT2D eigenvalue weighted by Crippen LogP contribution is 2.37. The molecule has 2 aromatic carbocycles. The summed E-state index contributed by atoms with van der Waals surface area (Å²) in [6.07, 6.45) is 5.95. The number of benzene rings is 2. The molecule has 1 aromatic heterocycles. The largest absolute Gasteiger partial charge is 0.325 e. The van der Waals surface area contributed by atoms with Gasteiger partial charge in [0.2, 0.25) is 5.91 Å². The molecule has 33 heavy (non-hydrogen) atoms. The summed E-state index contributed by atoms with van der Waals surface area (Å²) in [5.41, 5.74) is 4.96. The van der Waals surface area contributed by atoms with Gasteiger partial charge in [0.25, 0.3) is 0 Å². The minimum absolute atomic E-state index is 0.0132. The van der Waals surface area contributed by atoms with Crippen LogP contribution in [-0.4, -0.2) is 53.0 Å². The van der Waals surface area contributed by atoms with E-state index in [1.807, 2.05) is 53.4 Å². The van der Waals surface area contributed by atoms with Crippen molar-refractivity contribution >= 4 is 23.1 Å². The second-order valence-corrected chi connectivity index (χ2v) is 8.97. The molecule has 0 aliphatic carbocycles. The standard InChI is InChI=1S/C27H28N4O2/c1-18(32)20-7-10-24-23(17-20)25(27(33)29-24)26(28-21-11-15-30(2)16-12-21)19-5-8-22(9-6-19)31-13-3-4-14-31/h3-10,13-14,17,21,25H,11-12,15-16H2,1-2H3,(H,29,33). The summed E-state index contributed by atoms with van der Waals surface area (Å²) in [6, 6.07) is 17.8. The van der Waals surface area contributed by atoms with E-state index in [1.54, 1.807) is 13.0 Å². The Kier molecular flexibility index (Phi) is 5.68. The molecule has 1 fully saturated rings. The summed E-state index contributed by atoms with van der Waals surface area (Å²) >= 11 is 0. The van der Waals surface area contributed by atoms with Crippen molar-refractivity contribution in [2.45, 2.75) is 31.7 Å². The molecule has 0 saturated carbocycles. The highest BCUT2D eigenvalue weighted by molar-refractivity contribution is 6.24. The molecule has 1 atom stereocenters. The highest BCUT2D eigenvalue weighted by Gasteiger charge is 2.36. The summed E-state index contributed by atoms with van der Waals surface area (Å²) in [4.78, 5) is 32.7. The van der Waals surface area contributed by atoms with Gasteiger partial charge < -0.3 is 14.8 Å². The third-order valence-corrected chi connectivity index (χ3v) is 6.64. The van der Waals surface area contributed by atoms with Crippen LogP contribution in [0.15, 0.2) is 72.0 Å². The Morgan fingerprint density at radius 2 is 1.67 bits per heavy atom. The van der Waals surface area contributed by atoms with Gasteiger partial charge in [-0.05, 0) is 93.5 Å². The van der Waals surface area contributed by atoms with E-state index in [4.69, 9.17) is 4.99 Å². The number of amides is 1. The lowest BCUT2D eigenvalue weighted by Gasteiger charge is -2.28.